The summed E-state index contributed by atoms with van der Waals surface area (Å²) in [6, 6.07) is 13.3. The molecule has 2 aromatic rings. The predicted octanol–water partition coefficient (Wildman–Crippen LogP) is 2.86. The van der Waals surface area contributed by atoms with Gasteiger partial charge in [-0.1, -0.05) is 23.7 Å². The monoisotopic (exact) mass is 257 g/mol. The Kier molecular flexibility index (Phi) is 3.56. The van der Waals surface area contributed by atoms with E-state index in [9.17, 15) is 4.79 Å². The van der Waals surface area contributed by atoms with Crippen LogP contribution in [-0.2, 0) is 0 Å². The molecule has 0 aliphatic heterocycles. The van der Waals surface area contributed by atoms with Gasteiger partial charge in [-0.25, -0.2) is 4.98 Å². The number of anilines is 1. The number of rotatable bonds is 2. The summed E-state index contributed by atoms with van der Waals surface area (Å²) >= 11 is 5.72. The van der Waals surface area contributed by atoms with E-state index < -0.39 is 0 Å². The van der Waals surface area contributed by atoms with Crippen molar-refractivity contribution in [3.63, 3.8) is 0 Å². The average molecular weight is 258 g/mol. The number of hydrogen-bond acceptors (Lipinski definition) is 3. The molecule has 1 amide bonds. The topological polar surface area (TPSA) is 65.8 Å². The highest BCUT2D eigenvalue weighted by Crippen LogP contribution is 2.11. The minimum atomic E-state index is -0.332. The van der Waals surface area contributed by atoms with E-state index >= 15 is 0 Å². The smallest absolute Gasteiger partial charge is 0.256 e. The molecule has 1 aromatic carbocycles. The Balaban J connectivity index is 2.20. The third kappa shape index (κ3) is 2.84. The Morgan fingerprint density at radius 3 is 2.78 bits per heavy atom. The molecule has 18 heavy (non-hydrogen) atoms. The van der Waals surface area contributed by atoms with Gasteiger partial charge in [0.05, 0.1) is 11.6 Å². The zero-order valence-electron chi connectivity index (χ0n) is 9.22. The molecule has 5 heteroatoms. The molecule has 0 saturated carbocycles. The molecule has 0 aliphatic rings. The van der Waals surface area contributed by atoms with Gasteiger partial charge in [0.15, 0.2) is 0 Å². The van der Waals surface area contributed by atoms with E-state index in [2.05, 4.69) is 10.3 Å². The third-order valence-electron chi connectivity index (χ3n) is 2.21. The van der Waals surface area contributed by atoms with Crippen LogP contribution in [0.15, 0.2) is 42.5 Å². The molecule has 4 nitrogen and oxygen atoms in total. The van der Waals surface area contributed by atoms with Crippen molar-refractivity contribution in [2.75, 3.05) is 5.32 Å². The first kappa shape index (κ1) is 12.1. The minimum absolute atomic E-state index is 0.304. The van der Waals surface area contributed by atoms with Gasteiger partial charge in [0.1, 0.15) is 11.0 Å². The summed E-state index contributed by atoms with van der Waals surface area (Å²) in [5.74, 6) is 0.0386. The van der Waals surface area contributed by atoms with E-state index in [-0.39, 0.29) is 5.91 Å². The lowest BCUT2D eigenvalue weighted by Crippen LogP contribution is -2.12. The summed E-state index contributed by atoms with van der Waals surface area (Å²) < 4.78 is 0. The SMILES string of the molecule is N#Cc1cccc(C(=O)Nc2cccc(Cl)n2)c1. The number of pyridine rings is 1. The van der Waals surface area contributed by atoms with Crippen LogP contribution in [-0.4, -0.2) is 10.9 Å². The predicted molar refractivity (Wildman–Crippen MR) is 68.4 cm³/mol. The van der Waals surface area contributed by atoms with Gasteiger partial charge in [0.25, 0.3) is 5.91 Å². The van der Waals surface area contributed by atoms with Gasteiger partial charge in [0, 0.05) is 5.56 Å². The first-order valence-electron chi connectivity index (χ1n) is 5.13. The summed E-state index contributed by atoms with van der Waals surface area (Å²) in [5, 5.41) is 11.7. The summed E-state index contributed by atoms with van der Waals surface area (Å²) in [6.45, 7) is 0. The van der Waals surface area contributed by atoms with E-state index in [0.717, 1.165) is 0 Å². The van der Waals surface area contributed by atoms with Crippen LogP contribution in [0.25, 0.3) is 0 Å². The van der Waals surface area contributed by atoms with Crippen LogP contribution in [0.4, 0.5) is 5.82 Å². The molecule has 2 rings (SSSR count). The summed E-state index contributed by atoms with van der Waals surface area (Å²) in [5.41, 5.74) is 0.831. The van der Waals surface area contributed by atoms with Crippen molar-refractivity contribution in [3.8, 4) is 6.07 Å². The highest BCUT2D eigenvalue weighted by Gasteiger charge is 2.07. The summed E-state index contributed by atoms with van der Waals surface area (Å²) in [7, 11) is 0. The lowest BCUT2D eigenvalue weighted by atomic mass is 10.1. The van der Waals surface area contributed by atoms with Crippen molar-refractivity contribution in [1.82, 2.24) is 4.98 Å². The molecule has 88 valence electrons. The van der Waals surface area contributed by atoms with Gasteiger partial charge >= 0.3 is 0 Å². The van der Waals surface area contributed by atoms with Crippen molar-refractivity contribution in [2.45, 2.75) is 0 Å². The minimum Gasteiger partial charge on any atom is -0.307 e. The van der Waals surface area contributed by atoms with E-state index in [1.54, 1.807) is 36.4 Å². The van der Waals surface area contributed by atoms with Gasteiger partial charge in [-0.2, -0.15) is 5.26 Å². The molecule has 0 unspecified atom stereocenters. The van der Waals surface area contributed by atoms with Gasteiger partial charge < -0.3 is 5.32 Å². The van der Waals surface area contributed by atoms with Crippen LogP contribution in [0.5, 0.6) is 0 Å². The molecule has 0 bridgehead atoms. The number of amides is 1. The third-order valence-corrected chi connectivity index (χ3v) is 2.42. The van der Waals surface area contributed by atoms with Crippen LogP contribution < -0.4 is 5.32 Å². The Labute approximate surface area is 109 Å². The second-order valence-electron chi connectivity index (χ2n) is 3.49. The maximum absolute atomic E-state index is 11.9. The first-order chi connectivity index (χ1) is 8.69. The number of nitrogens with one attached hydrogen (secondary N) is 1. The average Bonchev–Trinajstić information content (AvgIpc) is 2.39. The van der Waals surface area contributed by atoms with E-state index in [4.69, 9.17) is 16.9 Å². The highest BCUT2D eigenvalue weighted by molar-refractivity contribution is 6.29. The largest absolute Gasteiger partial charge is 0.307 e. The second-order valence-corrected chi connectivity index (χ2v) is 3.88. The van der Waals surface area contributed by atoms with E-state index in [1.807, 2.05) is 6.07 Å². The van der Waals surface area contributed by atoms with Crippen LogP contribution in [0, 0.1) is 11.3 Å². The van der Waals surface area contributed by atoms with Crippen LogP contribution >= 0.6 is 11.6 Å². The fraction of sp³-hybridized carbons (Fsp3) is 0. The van der Waals surface area contributed by atoms with Crippen molar-refractivity contribution < 1.29 is 4.79 Å². The number of carbonyl (C=O) groups excluding carboxylic acids is 1. The van der Waals surface area contributed by atoms with Crippen molar-refractivity contribution >= 4 is 23.3 Å². The van der Waals surface area contributed by atoms with Gasteiger partial charge in [-0.3, -0.25) is 4.79 Å². The van der Waals surface area contributed by atoms with Crippen molar-refractivity contribution in [1.29, 1.82) is 5.26 Å². The maximum atomic E-state index is 11.9. The summed E-state index contributed by atoms with van der Waals surface area (Å²) in [6.07, 6.45) is 0. The molecular formula is C13H8ClN3O. The zero-order chi connectivity index (χ0) is 13.0. The number of halogens is 1. The number of hydrogen-bond donors (Lipinski definition) is 1. The molecule has 0 saturated heterocycles. The number of benzene rings is 1. The summed E-state index contributed by atoms with van der Waals surface area (Å²) in [4.78, 5) is 15.8. The molecule has 0 atom stereocenters. The number of aromatic nitrogens is 1. The first-order valence-corrected chi connectivity index (χ1v) is 5.51. The quantitative estimate of drug-likeness (QED) is 0.842. The number of nitrogens with zero attached hydrogens (tertiary/aromatic N) is 2. The van der Waals surface area contributed by atoms with Crippen LogP contribution in [0.1, 0.15) is 15.9 Å². The molecule has 0 fully saturated rings. The molecule has 0 spiro atoms. The Morgan fingerprint density at radius 2 is 2.06 bits per heavy atom. The Morgan fingerprint density at radius 1 is 1.28 bits per heavy atom. The van der Waals surface area contributed by atoms with E-state index in [0.29, 0.717) is 22.1 Å². The van der Waals surface area contributed by atoms with Crippen molar-refractivity contribution in [3.05, 3.63) is 58.7 Å². The standard InChI is InChI=1S/C13H8ClN3O/c14-11-5-2-6-12(16-11)17-13(18)10-4-1-3-9(7-10)8-15/h1-7H,(H,16,17,18). The Bertz CT molecular complexity index is 634. The maximum Gasteiger partial charge on any atom is 0.256 e. The van der Waals surface area contributed by atoms with Crippen LogP contribution in [0.2, 0.25) is 5.15 Å². The molecular weight excluding hydrogens is 250 g/mol. The lowest BCUT2D eigenvalue weighted by Gasteiger charge is -2.04. The molecule has 1 aromatic heterocycles. The highest BCUT2D eigenvalue weighted by atomic mass is 35.5. The second kappa shape index (κ2) is 5.30. The van der Waals surface area contributed by atoms with Gasteiger partial charge in [-0.05, 0) is 30.3 Å². The van der Waals surface area contributed by atoms with Crippen molar-refractivity contribution in [2.24, 2.45) is 0 Å². The number of carbonyl (C=O) groups is 1. The fourth-order valence-corrected chi connectivity index (χ4v) is 1.56. The zero-order valence-corrected chi connectivity index (χ0v) is 9.98. The fourth-order valence-electron chi connectivity index (χ4n) is 1.40. The van der Waals surface area contributed by atoms with Gasteiger partial charge in [0.2, 0.25) is 0 Å². The Hall–Kier alpha value is -2.38. The molecule has 1 heterocycles. The van der Waals surface area contributed by atoms with Crippen LogP contribution in [0.3, 0.4) is 0 Å². The lowest BCUT2D eigenvalue weighted by molar-refractivity contribution is 0.102. The number of nitriles is 1. The van der Waals surface area contributed by atoms with E-state index in [1.165, 1.54) is 6.07 Å². The van der Waals surface area contributed by atoms with Gasteiger partial charge in [-0.15, -0.1) is 0 Å². The normalized spacial score (nSPS) is 9.56. The molecule has 0 aliphatic carbocycles. The molecule has 1 N–H and O–H groups in total. The molecule has 0 radical (unpaired) electrons.